The third kappa shape index (κ3) is 2.88. The highest BCUT2D eigenvalue weighted by molar-refractivity contribution is 9.10. The van der Waals surface area contributed by atoms with Gasteiger partial charge in [0.1, 0.15) is 5.84 Å². The van der Waals surface area contributed by atoms with E-state index in [0.29, 0.717) is 6.04 Å². The molecule has 3 rings (SSSR count). The zero-order valence-corrected chi connectivity index (χ0v) is 13.4. The lowest BCUT2D eigenvalue weighted by atomic mass is 10.1. The number of hydrogen-bond donors (Lipinski definition) is 2. The summed E-state index contributed by atoms with van der Waals surface area (Å²) in [4.78, 5) is 2.44. The van der Waals surface area contributed by atoms with Gasteiger partial charge < -0.3 is 10.6 Å². The molecule has 2 aromatic rings. The van der Waals surface area contributed by atoms with Gasteiger partial charge in [-0.05, 0) is 69.4 Å². The molecule has 104 valence electrons. The van der Waals surface area contributed by atoms with Crippen molar-refractivity contribution in [2.45, 2.75) is 25.4 Å². The molecule has 5 heteroatoms. The molecule has 3 nitrogen and oxygen atoms in total. The lowest BCUT2D eigenvalue weighted by Crippen LogP contribution is -2.25. The zero-order chi connectivity index (χ0) is 14.1. The zero-order valence-electron chi connectivity index (χ0n) is 11.0. The van der Waals surface area contributed by atoms with E-state index < -0.39 is 0 Å². The number of benzene rings is 1. The quantitative estimate of drug-likeness (QED) is 0.633. The van der Waals surface area contributed by atoms with Crippen LogP contribution in [0.5, 0.6) is 0 Å². The molecule has 1 aromatic heterocycles. The fourth-order valence-corrected chi connectivity index (χ4v) is 3.55. The average Bonchev–Trinajstić information content (AvgIpc) is 3.14. The van der Waals surface area contributed by atoms with Crippen LogP contribution >= 0.6 is 27.3 Å². The second kappa shape index (κ2) is 5.58. The largest absolute Gasteiger partial charge is 0.384 e. The van der Waals surface area contributed by atoms with Gasteiger partial charge in [0.05, 0.1) is 5.69 Å². The Labute approximate surface area is 131 Å². The van der Waals surface area contributed by atoms with Gasteiger partial charge in [0.25, 0.3) is 0 Å². The number of thiophene rings is 1. The van der Waals surface area contributed by atoms with Gasteiger partial charge in [-0.25, -0.2) is 0 Å². The van der Waals surface area contributed by atoms with Gasteiger partial charge in [0, 0.05) is 22.6 Å². The lowest BCUT2D eigenvalue weighted by Gasteiger charge is -2.26. The molecule has 0 aliphatic heterocycles. The minimum absolute atomic E-state index is 0.105. The Morgan fingerprint density at radius 3 is 2.75 bits per heavy atom. The van der Waals surface area contributed by atoms with Crippen molar-refractivity contribution in [2.24, 2.45) is 5.73 Å². The third-order valence-electron chi connectivity index (χ3n) is 3.49. The SMILES string of the molecule is N=C(N)c1ccc(N(Cc2ccsc2)C2CC2)c(Br)c1. The first-order valence-corrected chi connectivity index (χ1v) is 8.30. The van der Waals surface area contributed by atoms with E-state index >= 15 is 0 Å². The molecule has 1 aliphatic carbocycles. The van der Waals surface area contributed by atoms with Crippen LogP contribution in [0, 0.1) is 5.41 Å². The molecule has 1 aromatic carbocycles. The summed E-state index contributed by atoms with van der Waals surface area (Å²) >= 11 is 5.36. The van der Waals surface area contributed by atoms with Gasteiger partial charge in [0.15, 0.2) is 0 Å². The average molecular weight is 350 g/mol. The van der Waals surface area contributed by atoms with Crippen LogP contribution in [0.2, 0.25) is 0 Å². The summed E-state index contributed by atoms with van der Waals surface area (Å²) in [5.74, 6) is 0.105. The number of halogens is 1. The predicted octanol–water partition coefficient (Wildman–Crippen LogP) is 3.96. The summed E-state index contributed by atoms with van der Waals surface area (Å²) in [5.41, 5.74) is 8.83. The van der Waals surface area contributed by atoms with Crippen molar-refractivity contribution in [3.05, 3.63) is 50.6 Å². The highest BCUT2D eigenvalue weighted by Gasteiger charge is 2.30. The van der Waals surface area contributed by atoms with Crippen LogP contribution in [0.3, 0.4) is 0 Å². The first-order chi connectivity index (χ1) is 9.65. The maximum atomic E-state index is 7.51. The van der Waals surface area contributed by atoms with E-state index in [1.807, 2.05) is 12.1 Å². The Balaban J connectivity index is 1.89. The van der Waals surface area contributed by atoms with Crippen molar-refractivity contribution in [1.29, 1.82) is 5.41 Å². The summed E-state index contributed by atoms with van der Waals surface area (Å²) in [6.45, 7) is 0.937. The Morgan fingerprint density at radius 1 is 1.40 bits per heavy atom. The van der Waals surface area contributed by atoms with Gasteiger partial charge in [-0.2, -0.15) is 11.3 Å². The van der Waals surface area contributed by atoms with Crippen LogP contribution < -0.4 is 10.6 Å². The monoisotopic (exact) mass is 349 g/mol. The maximum Gasteiger partial charge on any atom is 0.122 e. The van der Waals surface area contributed by atoms with Crippen molar-refractivity contribution < 1.29 is 0 Å². The maximum absolute atomic E-state index is 7.51. The van der Waals surface area contributed by atoms with Crippen molar-refractivity contribution in [3.63, 3.8) is 0 Å². The smallest absolute Gasteiger partial charge is 0.122 e. The molecule has 20 heavy (non-hydrogen) atoms. The van der Waals surface area contributed by atoms with Gasteiger partial charge in [-0.3, -0.25) is 5.41 Å². The van der Waals surface area contributed by atoms with E-state index in [-0.39, 0.29) is 5.84 Å². The molecular formula is C15H16BrN3S. The summed E-state index contributed by atoms with van der Waals surface area (Å²) in [7, 11) is 0. The van der Waals surface area contributed by atoms with Gasteiger partial charge in [0.2, 0.25) is 0 Å². The van der Waals surface area contributed by atoms with E-state index in [4.69, 9.17) is 11.1 Å². The summed E-state index contributed by atoms with van der Waals surface area (Å²) in [5, 5.41) is 11.8. The van der Waals surface area contributed by atoms with E-state index in [1.54, 1.807) is 11.3 Å². The van der Waals surface area contributed by atoms with Crippen LogP contribution in [-0.4, -0.2) is 11.9 Å². The summed E-state index contributed by atoms with van der Waals surface area (Å²) < 4.78 is 1.01. The second-order valence-electron chi connectivity index (χ2n) is 5.07. The fourth-order valence-electron chi connectivity index (χ4n) is 2.28. The summed E-state index contributed by atoms with van der Waals surface area (Å²) in [6, 6.07) is 8.73. The van der Waals surface area contributed by atoms with Crippen LogP contribution in [0.4, 0.5) is 5.69 Å². The minimum Gasteiger partial charge on any atom is -0.384 e. The summed E-state index contributed by atoms with van der Waals surface area (Å²) in [6.07, 6.45) is 2.51. The number of nitrogen functional groups attached to an aromatic ring is 1. The molecule has 1 aliphatic rings. The molecule has 0 unspecified atom stereocenters. The number of nitrogens with one attached hydrogen (secondary N) is 1. The molecule has 0 spiro atoms. The fraction of sp³-hybridized carbons (Fsp3) is 0.267. The van der Waals surface area contributed by atoms with Gasteiger partial charge in [-0.1, -0.05) is 0 Å². The molecule has 0 atom stereocenters. The number of anilines is 1. The molecule has 0 radical (unpaired) electrons. The highest BCUT2D eigenvalue weighted by Crippen LogP contribution is 2.37. The van der Waals surface area contributed by atoms with E-state index in [0.717, 1.165) is 16.6 Å². The van der Waals surface area contributed by atoms with E-state index in [1.165, 1.54) is 24.1 Å². The lowest BCUT2D eigenvalue weighted by molar-refractivity contribution is 0.794. The van der Waals surface area contributed by atoms with Crippen LogP contribution in [-0.2, 0) is 6.54 Å². The van der Waals surface area contributed by atoms with Crippen LogP contribution in [0.1, 0.15) is 24.0 Å². The molecular weight excluding hydrogens is 334 g/mol. The number of rotatable bonds is 5. The van der Waals surface area contributed by atoms with Crippen molar-refractivity contribution in [3.8, 4) is 0 Å². The third-order valence-corrected chi connectivity index (χ3v) is 4.86. The first-order valence-electron chi connectivity index (χ1n) is 6.57. The Kier molecular flexibility index (Phi) is 3.81. The second-order valence-corrected chi connectivity index (χ2v) is 6.70. The topological polar surface area (TPSA) is 53.1 Å². The standard InChI is InChI=1S/C15H16BrN3S/c16-13-7-11(15(17)18)1-4-14(13)19(12-2-3-12)8-10-5-6-20-9-10/h1,4-7,9,12H,2-3,8H2,(H3,17,18). The number of nitrogens with zero attached hydrogens (tertiary/aromatic N) is 1. The van der Waals surface area contributed by atoms with Crippen molar-refractivity contribution in [1.82, 2.24) is 0 Å². The number of nitrogens with two attached hydrogens (primary N) is 1. The van der Waals surface area contributed by atoms with Gasteiger partial charge in [-0.15, -0.1) is 0 Å². The van der Waals surface area contributed by atoms with Crippen molar-refractivity contribution in [2.75, 3.05) is 4.90 Å². The van der Waals surface area contributed by atoms with Crippen LogP contribution in [0.15, 0.2) is 39.5 Å². The Bertz CT molecular complexity index is 620. The van der Waals surface area contributed by atoms with E-state index in [2.05, 4.69) is 43.7 Å². The minimum atomic E-state index is 0.105. The molecule has 3 N–H and O–H groups in total. The first kappa shape index (κ1) is 13.6. The molecule has 0 bridgehead atoms. The highest BCUT2D eigenvalue weighted by atomic mass is 79.9. The molecule has 0 amide bonds. The normalized spacial score (nSPS) is 14.2. The Morgan fingerprint density at radius 2 is 2.20 bits per heavy atom. The number of hydrogen-bond acceptors (Lipinski definition) is 3. The molecule has 0 saturated heterocycles. The van der Waals surface area contributed by atoms with E-state index in [9.17, 15) is 0 Å². The molecule has 1 fully saturated rings. The van der Waals surface area contributed by atoms with Crippen LogP contribution in [0.25, 0.3) is 0 Å². The molecule has 1 heterocycles. The van der Waals surface area contributed by atoms with Crippen molar-refractivity contribution >= 4 is 38.8 Å². The number of amidine groups is 1. The Hall–Kier alpha value is -1.33. The van der Waals surface area contributed by atoms with Gasteiger partial charge >= 0.3 is 0 Å². The molecule has 1 saturated carbocycles. The predicted molar refractivity (Wildman–Crippen MR) is 88.7 cm³/mol.